The van der Waals surface area contributed by atoms with E-state index in [1.807, 2.05) is 0 Å². The van der Waals surface area contributed by atoms with Gasteiger partial charge in [0, 0.05) is 16.6 Å². The van der Waals surface area contributed by atoms with Crippen molar-refractivity contribution in [2.24, 2.45) is 0 Å². The highest BCUT2D eigenvalue weighted by Crippen LogP contribution is 2.29. The van der Waals surface area contributed by atoms with E-state index in [9.17, 15) is 0 Å². The lowest BCUT2D eigenvalue weighted by atomic mass is 10.1. The quantitative estimate of drug-likeness (QED) is 0.0745. The fraction of sp³-hybridized carbons (Fsp3) is 1.00. The third-order valence-corrected chi connectivity index (χ3v) is 21.9. The van der Waals surface area contributed by atoms with Crippen LogP contribution in [0.25, 0.3) is 0 Å². The summed E-state index contributed by atoms with van der Waals surface area (Å²) in [5.41, 5.74) is 0. The van der Waals surface area contributed by atoms with E-state index in [2.05, 4.69) is 27.3 Å². The van der Waals surface area contributed by atoms with Gasteiger partial charge in [-0.05, 0) is 0 Å². The molecular weight excluding hydrogens is 429 g/mol. The molecule has 0 amide bonds. The molecule has 0 heterocycles. The van der Waals surface area contributed by atoms with Crippen molar-refractivity contribution < 1.29 is 0 Å². The Morgan fingerprint density at radius 1 is 0.333 bits per heavy atom. The minimum Gasteiger partial charge on any atom is -0.0766 e. The van der Waals surface area contributed by atoms with Crippen molar-refractivity contribution in [3.8, 4) is 0 Å². The second kappa shape index (κ2) is 27.0. The lowest BCUT2D eigenvalue weighted by Gasteiger charge is -2.31. The highest BCUT2D eigenvalue weighted by Gasteiger charge is 2.29. The molecule has 0 atom stereocenters. The van der Waals surface area contributed by atoms with Gasteiger partial charge in [0.15, 0.2) is 0 Å². The smallest absolute Gasteiger partial charge is 0.0398 e. The molecule has 0 nitrogen and oxygen atoms in total. The molecule has 0 aliphatic carbocycles. The van der Waals surface area contributed by atoms with Crippen molar-refractivity contribution in [2.45, 2.75) is 200 Å². The van der Waals surface area contributed by atoms with Gasteiger partial charge in [-0.15, -0.1) is 0 Å². The van der Waals surface area contributed by atoms with Crippen LogP contribution in [0.2, 0.25) is 24.7 Å². The second-order valence-corrected chi connectivity index (χ2v) is 23.4. The van der Waals surface area contributed by atoms with Gasteiger partial charge >= 0.3 is 0 Å². The molecule has 0 fully saturated rings. The van der Waals surface area contributed by atoms with Crippen LogP contribution in [0.3, 0.4) is 0 Å². The molecule has 0 aliphatic rings. The lowest BCUT2D eigenvalue weighted by Crippen LogP contribution is -2.40. The Hall–Kier alpha value is 0.434. The van der Waals surface area contributed by atoms with Crippen LogP contribution in [0, 0.1) is 0 Å². The zero-order valence-corrected chi connectivity index (χ0v) is 26.7. The Morgan fingerprint density at radius 2 is 0.545 bits per heavy atom. The summed E-state index contributed by atoms with van der Waals surface area (Å²) >= 11 is 0. The minimum absolute atomic E-state index is 0.208. The third-order valence-electron chi connectivity index (χ3n) is 8.43. The first-order valence-corrected chi connectivity index (χ1v) is 22.6. The molecule has 0 aromatic carbocycles. The SMILES string of the molecule is CCCCCCCCCC[Si](CCCCCCCCCC)(CCCCCCCCCC)[SiH2]C. The van der Waals surface area contributed by atoms with Crippen LogP contribution in [0.5, 0.6) is 0 Å². The average Bonchev–Trinajstić information content (AvgIpc) is 2.83. The predicted octanol–water partition coefficient (Wildman–Crippen LogP) is 11.6. The molecule has 0 spiro atoms. The maximum Gasteiger partial charge on any atom is 0.0398 e. The number of unbranched alkanes of at least 4 members (excludes halogenated alkanes) is 21. The second-order valence-electron chi connectivity index (χ2n) is 11.5. The van der Waals surface area contributed by atoms with Crippen LogP contribution < -0.4 is 0 Å². The van der Waals surface area contributed by atoms with Gasteiger partial charge in [0.1, 0.15) is 0 Å². The summed E-state index contributed by atoms with van der Waals surface area (Å²) in [5.74, 6) is 0. The van der Waals surface area contributed by atoms with E-state index in [-0.39, 0.29) is 9.04 Å². The summed E-state index contributed by atoms with van der Waals surface area (Å²) in [6.45, 7) is 9.71. The first-order chi connectivity index (χ1) is 16.2. The van der Waals surface area contributed by atoms with Gasteiger partial charge in [-0.1, -0.05) is 200 Å². The van der Waals surface area contributed by atoms with E-state index in [1.54, 1.807) is 56.7 Å². The van der Waals surface area contributed by atoms with Crippen molar-refractivity contribution in [3.63, 3.8) is 0 Å². The number of hydrogen-bond acceptors (Lipinski definition) is 0. The molecule has 0 radical (unpaired) electrons. The normalized spacial score (nSPS) is 12.4. The summed E-state index contributed by atoms with van der Waals surface area (Å²) in [4.78, 5) is 0. The fourth-order valence-corrected chi connectivity index (χ4v) is 16.0. The van der Waals surface area contributed by atoms with E-state index in [0.29, 0.717) is 0 Å². The molecule has 0 aromatic heterocycles. The van der Waals surface area contributed by atoms with E-state index in [0.717, 1.165) is 0 Å². The molecule has 0 N–H and O–H groups in total. The molecule has 0 rings (SSSR count). The van der Waals surface area contributed by atoms with Crippen LogP contribution in [0.4, 0.5) is 0 Å². The van der Waals surface area contributed by atoms with E-state index >= 15 is 0 Å². The Labute approximate surface area is 215 Å². The molecule has 0 unspecified atom stereocenters. The van der Waals surface area contributed by atoms with Gasteiger partial charge in [-0.25, -0.2) is 0 Å². The van der Waals surface area contributed by atoms with Crippen molar-refractivity contribution in [1.29, 1.82) is 0 Å². The predicted molar refractivity (Wildman–Crippen MR) is 162 cm³/mol. The maximum atomic E-state index is 2.71. The Balaban J connectivity index is 4.23. The Kier molecular flexibility index (Phi) is 27.4. The maximum absolute atomic E-state index is 2.71. The van der Waals surface area contributed by atoms with Crippen LogP contribution in [0.15, 0.2) is 0 Å². The van der Waals surface area contributed by atoms with Gasteiger partial charge in [-0.3, -0.25) is 0 Å². The lowest BCUT2D eigenvalue weighted by molar-refractivity contribution is 0.576. The highest BCUT2D eigenvalue weighted by molar-refractivity contribution is 7.24. The molecule has 0 bridgehead atoms. The molecule has 0 aromatic rings. The molecule has 0 saturated heterocycles. The third kappa shape index (κ3) is 22.6. The first-order valence-electron chi connectivity index (χ1n) is 16.2. The summed E-state index contributed by atoms with van der Waals surface area (Å²) in [6.07, 6.45) is 35.9. The largest absolute Gasteiger partial charge is 0.0766 e. The number of hydrogen-bond donors (Lipinski definition) is 0. The van der Waals surface area contributed by atoms with Crippen molar-refractivity contribution in [1.82, 2.24) is 0 Å². The molecule has 33 heavy (non-hydrogen) atoms. The highest BCUT2D eigenvalue weighted by atomic mass is 29.2. The first kappa shape index (κ1) is 33.4. The Morgan fingerprint density at radius 3 is 0.758 bits per heavy atom. The summed E-state index contributed by atoms with van der Waals surface area (Å²) in [5, 5.41) is 0. The van der Waals surface area contributed by atoms with Crippen LogP contribution in [-0.4, -0.2) is 16.6 Å². The number of rotatable bonds is 28. The van der Waals surface area contributed by atoms with Crippen LogP contribution in [0.1, 0.15) is 175 Å². The monoisotopic (exact) mass is 496 g/mol. The van der Waals surface area contributed by atoms with Gasteiger partial charge in [0.05, 0.1) is 0 Å². The van der Waals surface area contributed by atoms with Gasteiger partial charge in [0.2, 0.25) is 0 Å². The summed E-state index contributed by atoms with van der Waals surface area (Å²) in [7, 11) is -0.666. The Bertz CT molecular complexity index is 305. The minimum atomic E-state index is -0.874. The average molecular weight is 497 g/mol. The topological polar surface area (TPSA) is 0 Å². The molecule has 200 valence electrons. The van der Waals surface area contributed by atoms with Gasteiger partial charge in [0.25, 0.3) is 0 Å². The molecular formula is C31H68Si2. The van der Waals surface area contributed by atoms with Crippen LogP contribution >= 0.6 is 0 Å². The van der Waals surface area contributed by atoms with E-state index in [4.69, 9.17) is 0 Å². The fourth-order valence-electron chi connectivity index (χ4n) is 5.81. The molecule has 2 heteroatoms. The van der Waals surface area contributed by atoms with Crippen molar-refractivity contribution in [3.05, 3.63) is 0 Å². The summed E-state index contributed by atoms with van der Waals surface area (Å²) in [6, 6.07) is 5.16. The van der Waals surface area contributed by atoms with Crippen molar-refractivity contribution in [2.75, 3.05) is 0 Å². The standard InChI is InChI=1S/C31H68Si2/c1-5-8-11-14-17-20-23-26-29-33(32-4,30-27-24-21-18-15-12-9-6-2)31-28-25-22-19-16-13-10-7-3/h5-32H2,1-4H3. The molecule has 0 saturated carbocycles. The molecule has 0 aliphatic heterocycles. The van der Waals surface area contributed by atoms with Crippen molar-refractivity contribution >= 4 is 16.6 Å². The zero-order valence-electron chi connectivity index (χ0n) is 24.3. The van der Waals surface area contributed by atoms with E-state index < -0.39 is 7.59 Å². The van der Waals surface area contributed by atoms with Gasteiger partial charge in [-0.2, -0.15) is 0 Å². The zero-order chi connectivity index (χ0) is 24.3. The van der Waals surface area contributed by atoms with Gasteiger partial charge < -0.3 is 0 Å². The summed E-state index contributed by atoms with van der Waals surface area (Å²) < 4.78 is 0. The van der Waals surface area contributed by atoms with Crippen LogP contribution in [-0.2, 0) is 0 Å². The van der Waals surface area contributed by atoms with E-state index in [1.165, 1.54) is 116 Å².